The molecular weight excluding hydrogens is 728 g/mol. The summed E-state index contributed by atoms with van der Waals surface area (Å²) in [4.78, 5) is 70.2. The average molecular weight is 771 g/mol. The number of para-hydroxylation sites is 1. The van der Waals surface area contributed by atoms with Crippen LogP contribution in [0.1, 0.15) is 83.7 Å². The number of halogens is 1. The average Bonchev–Trinajstić information content (AvgIpc) is 3.92. The first-order valence-electron chi connectivity index (χ1n) is 19.6. The van der Waals surface area contributed by atoms with Gasteiger partial charge in [0.1, 0.15) is 17.4 Å². The molecule has 0 bridgehead atoms. The van der Waals surface area contributed by atoms with Gasteiger partial charge in [-0.05, 0) is 93.2 Å². The van der Waals surface area contributed by atoms with Crippen molar-refractivity contribution in [1.29, 1.82) is 0 Å². The molecule has 3 aromatic carbocycles. The van der Waals surface area contributed by atoms with Crippen molar-refractivity contribution in [2.75, 3.05) is 35.7 Å². The Labute approximate surface area is 328 Å². The van der Waals surface area contributed by atoms with Crippen LogP contribution in [0, 0.1) is 5.82 Å². The van der Waals surface area contributed by atoms with Gasteiger partial charge >= 0.3 is 0 Å². The van der Waals surface area contributed by atoms with E-state index in [-0.39, 0.29) is 30.0 Å². The Balaban J connectivity index is 0.823. The van der Waals surface area contributed by atoms with Gasteiger partial charge in [-0.25, -0.2) is 14.4 Å². The monoisotopic (exact) mass is 770 g/mol. The number of hydrogen-bond acceptors (Lipinski definition) is 11. The first-order valence-corrected chi connectivity index (χ1v) is 19.6. The molecular formula is C42H43FN10O4. The Morgan fingerprint density at radius 3 is 2.33 bits per heavy atom. The van der Waals surface area contributed by atoms with Gasteiger partial charge in [0.05, 0.1) is 17.3 Å². The van der Waals surface area contributed by atoms with E-state index in [1.165, 1.54) is 18.9 Å². The van der Waals surface area contributed by atoms with Crippen molar-refractivity contribution >= 4 is 63.8 Å². The number of benzene rings is 3. The minimum absolute atomic E-state index is 0.0000169. The zero-order valence-corrected chi connectivity index (χ0v) is 31.6. The summed E-state index contributed by atoms with van der Waals surface area (Å²) in [5.74, 6) is -2.25. The van der Waals surface area contributed by atoms with Crippen molar-refractivity contribution in [3.63, 3.8) is 0 Å². The Morgan fingerprint density at radius 2 is 1.60 bits per heavy atom. The fourth-order valence-corrected chi connectivity index (χ4v) is 8.76. The molecule has 0 radical (unpaired) electrons. The summed E-state index contributed by atoms with van der Waals surface area (Å²) in [6, 6.07) is 20.6. The van der Waals surface area contributed by atoms with E-state index in [1.807, 2.05) is 49.5 Å². The SMILES string of the molecule is CN(Cc1cc(F)c2c(c1)C(=O)N(C1CCC(=O)NC1=O)C2=O)C1CCN(c2ccc(Nc3ncc4nc(Nc5ccccc5)n(C5CCCC5)c4n3)cc2)CC1. The van der Waals surface area contributed by atoms with Gasteiger partial charge in [0.15, 0.2) is 5.65 Å². The summed E-state index contributed by atoms with van der Waals surface area (Å²) in [7, 11) is 1.98. The molecule has 4 amide bonds. The molecule has 1 unspecified atom stereocenters. The normalized spacial score (nSPS) is 19.2. The lowest BCUT2D eigenvalue weighted by Gasteiger charge is -2.38. The van der Waals surface area contributed by atoms with E-state index in [2.05, 4.69) is 47.4 Å². The highest BCUT2D eigenvalue weighted by Crippen LogP contribution is 2.36. The van der Waals surface area contributed by atoms with Crippen LogP contribution < -0.4 is 20.9 Å². The van der Waals surface area contributed by atoms with E-state index in [1.54, 1.807) is 12.3 Å². The predicted molar refractivity (Wildman–Crippen MR) is 212 cm³/mol. The highest BCUT2D eigenvalue weighted by atomic mass is 19.1. The van der Waals surface area contributed by atoms with Crippen molar-refractivity contribution < 1.29 is 23.6 Å². The third-order valence-electron chi connectivity index (χ3n) is 11.7. The van der Waals surface area contributed by atoms with Crippen LogP contribution >= 0.6 is 0 Å². The molecule has 4 aliphatic rings. The Morgan fingerprint density at radius 1 is 0.860 bits per heavy atom. The molecule has 2 saturated heterocycles. The third-order valence-corrected chi connectivity index (χ3v) is 11.7. The maximum absolute atomic E-state index is 15.4. The van der Waals surface area contributed by atoms with Crippen LogP contribution in [0.15, 0.2) is 72.9 Å². The second-order valence-corrected chi connectivity index (χ2v) is 15.4. The number of hydrogen-bond donors (Lipinski definition) is 3. The molecule has 1 atom stereocenters. The number of rotatable bonds is 10. The van der Waals surface area contributed by atoms with Crippen LogP contribution in [-0.4, -0.2) is 85.2 Å². The lowest BCUT2D eigenvalue weighted by atomic mass is 10.0. The molecule has 3 aliphatic heterocycles. The van der Waals surface area contributed by atoms with E-state index < -0.39 is 35.5 Å². The van der Waals surface area contributed by atoms with Gasteiger partial charge in [-0.15, -0.1) is 0 Å². The largest absolute Gasteiger partial charge is 0.371 e. The van der Waals surface area contributed by atoms with Crippen molar-refractivity contribution in [3.8, 4) is 0 Å². The molecule has 3 N–H and O–H groups in total. The molecule has 14 nitrogen and oxygen atoms in total. The van der Waals surface area contributed by atoms with Crippen LogP contribution in [0.25, 0.3) is 11.2 Å². The van der Waals surface area contributed by atoms with Crippen LogP contribution in [0.5, 0.6) is 0 Å². The first-order chi connectivity index (χ1) is 27.7. The molecule has 15 heteroatoms. The number of aromatic nitrogens is 4. The van der Waals surface area contributed by atoms with Crippen molar-refractivity contribution in [1.82, 2.24) is 34.6 Å². The number of nitrogens with zero attached hydrogens (tertiary/aromatic N) is 7. The molecule has 0 spiro atoms. The number of imidazole rings is 1. The second-order valence-electron chi connectivity index (χ2n) is 15.4. The van der Waals surface area contributed by atoms with Gasteiger partial charge < -0.3 is 15.5 Å². The van der Waals surface area contributed by atoms with E-state index in [0.29, 0.717) is 24.1 Å². The summed E-state index contributed by atoms with van der Waals surface area (Å²) >= 11 is 0. The molecule has 3 fully saturated rings. The Hall–Kier alpha value is -6.22. The summed E-state index contributed by atoms with van der Waals surface area (Å²) in [5.41, 5.74) is 4.72. The Kier molecular flexibility index (Phi) is 9.60. The lowest BCUT2D eigenvalue weighted by molar-refractivity contribution is -0.136. The molecule has 5 heterocycles. The highest BCUT2D eigenvalue weighted by Gasteiger charge is 2.46. The lowest BCUT2D eigenvalue weighted by Crippen LogP contribution is -2.54. The zero-order valence-electron chi connectivity index (χ0n) is 31.6. The molecule has 2 aromatic heterocycles. The second kappa shape index (κ2) is 15.0. The molecule has 1 saturated carbocycles. The smallest absolute Gasteiger partial charge is 0.265 e. The van der Waals surface area contributed by atoms with E-state index in [0.717, 1.165) is 77.8 Å². The van der Waals surface area contributed by atoms with E-state index >= 15 is 4.39 Å². The van der Waals surface area contributed by atoms with Crippen molar-refractivity contribution in [2.24, 2.45) is 0 Å². The summed E-state index contributed by atoms with van der Waals surface area (Å²) in [6.45, 7) is 2.05. The molecule has 1 aliphatic carbocycles. The maximum Gasteiger partial charge on any atom is 0.265 e. The Bertz CT molecular complexity index is 2370. The molecule has 57 heavy (non-hydrogen) atoms. The van der Waals surface area contributed by atoms with E-state index in [9.17, 15) is 19.2 Å². The highest BCUT2D eigenvalue weighted by molar-refractivity contribution is 6.23. The zero-order chi connectivity index (χ0) is 39.2. The summed E-state index contributed by atoms with van der Waals surface area (Å²) in [5, 5.41) is 9.05. The van der Waals surface area contributed by atoms with Crippen molar-refractivity contribution in [2.45, 2.75) is 76.0 Å². The quantitative estimate of drug-likeness (QED) is 0.142. The van der Waals surface area contributed by atoms with Crippen molar-refractivity contribution in [3.05, 3.63) is 95.4 Å². The van der Waals surface area contributed by atoms with E-state index in [4.69, 9.17) is 9.97 Å². The minimum Gasteiger partial charge on any atom is -0.371 e. The van der Waals surface area contributed by atoms with Gasteiger partial charge in [0.2, 0.25) is 23.7 Å². The van der Waals surface area contributed by atoms with Gasteiger partial charge in [0, 0.05) is 55.2 Å². The first kappa shape index (κ1) is 36.4. The van der Waals surface area contributed by atoms with Gasteiger partial charge in [0.25, 0.3) is 11.8 Å². The number of nitrogens with one attached hydrogen (secondary N) is 3. The number of imide groups is 2. The number of amides is 4. The number of carbonyl (C=O) groups is 4. The number of anilines is 5. The standard InChI is InChI=1S/C42H43FN10O4/c1-50(24-25-21-31-36(32(43)22-25)40(57)53(39(31)56)34-15-16-35(54)48-38(34)55)28-17-19-51(20-18-28)29-13-11-27(12-14-29)45-41-44-23-33-37(49-41)52(30-9-5-6-10-30)42(47-33)46-26-7-3-2-4-8-26/h2-4,7-8,11-14,21-23,28,30,34H,5-6,9-10,15-20,24H2,1H3,(H,46,47)(H,44,45,49)(H,48,54,55). The predicted octanol–water partition coefficient (Wildman–Crippen LogP) is 6.07. The van der Waals surface area contributed by atoms with Crippen LogP contribution in [0.2, 0.25) is 0 Å². The number of fused-ring (bicyclic) bond motifs is 2. The molecule has 5 aromatic rings. The summed E-state index contributed by atoms with van der Waals surface area (Å²) < 4.78 is 17.6. The number of carbonyl (C=O) groups excluding carboxylic acids is 4. The van der Waals surface area contributed by atoms with Crippen LogP contribution in [0.3, 0.4) is 0 Å². The van der Waals surface area contributed by atoms with Gasteiger partial charge in [-0.2, -0.15) is 4.98 Å². The molecule has 9 rings (SSSR count). The van der Waals surface area contributed by atoms with Gasteiger partial charge in [-0.3, -0.25) is 38.9 Å². The number of piperidine rings is 2. The van der Waals surface area contributed by atoms with Gasteiger partial charge in [-0.1, -0.05) is 31.0 Å². The molecule has 292 valence electrons. The van der Waals surface area contributed by atoms with Crippen LogP contribution in [-0.2, 0) is 16.1 Å². The maximum atomic E-state index is 15.4. The topological polar surface area (TPSA) is 158 Å². The minimum atomic E-state index is -1.14. The van der Waals surface area contributed by atoms with Crippen LogP contribution in [0.4, 0.5) is 33.3 Å². The third kappa shape index (κ3) is 7.07. The fraction of sp³-hybridized carbons (Fsp3) is 0.357. The fourth-order valence-electron chi connectivity index (χ4n) is 8.76. The summed E-state index contributed by atoms with van der Waals surface area (Å²) in [6.07, 6.45) is 8.11.